The van der Waals surface area contributed by atoms with E-state index < -0.39 is 0 Å². The van der Waals surface area contributed by atoms with Gasteiger partial charge in [0.1, 0.15) is 0 Å². The Morgan fingerprint density at radius 3 is 1.50 bits per heavy atom. The first-order valence-electron chi connectivity index (χ1n) is 14.4. The Hall–Kier alpha value is -4.04. The van der Waals surface area contributed by atoms with Gasteiger partial charge >= 0.3 is 0 Å². The minimum atomic E-state index is -0.274. The normalized spacial score (nSPS) is 17.1. The molecule has 0 radical (unpaired) electrons. The summed E-state index contributed by atoms with van der Waals surface area (Å²) < 4.78 is 0. The fraction of sp³-hybridized carbons (Fsp3) is 0.263. The highest BCUT2D eigenvalue weighted by atomic mass is 15.2. The molecule has 4 aromatic carbocycles. The zero-order valence-electron chi connectivity index (χ0n) is 24.8. The minimum Gasteiger partial charge on any atom is -0.334 e. The lowest BCUT2D eigenvalue weighted by Gasteiger charge is -2.42. The van der Waals surface area contributed by atoms with Crippen LogP contribution in [0.2, 0.25) is 0 Å². The van der Waals surface area contributed by atoms with E-state index in [1.54, 1.807) is 0 Å². The Morgan fingerprint density at radius 1 is 0.500 bits per heavy atom. The van der Waals surface area contributed by atoms with Crippen molar-refractivity contribution in [2.45, 2.75) is 58.5 Å². The van der Waals surface area contributed by atoms with Crippen molar-refractivity contribution in [2.75, 3.05) is 9.80 Å². The standard InChI is InChI=1S/C38H42N2/c1-29-15-13-14-20-36(29)39(32-16-9-7-10-17-32)33-25-27-35(28-26-33)40(34-18-11-8-12-19-34)38(5,6)31-23-21-30(22-24-31)37(2,3)4/h7-29,36H,1-6H3. The van der Waals surface area contributed by atoms with E-state index in [1.807, 2.05) is 0 Å². The zero-order valence-corrected chi connectivity index (χ0v) is 24.8. The molecule has 0 fully saturated rings. The molecule has 40 heavy (non-hydrogen) atoms. The predicted molar refractivity (Wildman–Crippen MR) is 173 cm³/mol. The summed E-state index contributed by atoms with van der Waals surface area (Å²) in [4.78, 5) is 4.92. The van der Waals surface area contributed by atoms with Crippen LogP contribution in [-0.2, 0) is 11.0 Å². The Kier molecular flexibility index (Phi) is 7.72. The van der Waals surface area contributed by atoms with E-state index >= 15 is 0 Å². The van der Waals surface area contributed by atoms with Crippen LogP contribution in [0.15, 0.2) is 133 Å². The van der Waals surface area contributed by atoms with Gasteiger partial charge < -0.3 is 9.80 Å². The Balaban J connectivity index is 1.55. The van der Waals surface area contributed by atoms with Crippen LogP contribution in [0.5, 0.6) is 0 Å². The van der Waals surface area contributed by atoms with Gasteiger partial charge in [0.05, 0.1) is 11.6 Å². The smallest absolute Gasteiger partial charge is 0.0646 e. The van der Waals surface area contributed by atoms with Crippen molar-refractivity contribution in [1.82, 2.24) is 0 Å². The Labute approximate surface area is 241 Å². The summed E-state index contributed by atoms with van der Waals surface area (Å²) >= 11 is 0. The number of rotatable bonds is 7. The first-order chi connectivity index (χ1) is 19.2. The molecule has 1 aliphatic rings. The molecule has 0 N–H and O–H groups in total. The summed E-state index contributed by atoms with van der Waals surface area (Å²) in [5, 5.41) is 0. The number of allylic oxidation sites excluding steroid dienone is 2. The molecule has 0 aliphatic heterocycles. The lowest BCUT2D eigenvalue weighted by atomic mass is 9.84. The van der Waals surface area contributed by atoms with E-state index in [2.05, 4.69) is 185 Å². The maximum absolute atomic E-state index is 2.46. The van der Waals surface area contributed by atoms with E-state index in [4.69, 9.17) is 0 Å². The Morgan fingerprint density at radius 2 is 0.950 bits per heavy atom. The third kappa shape index (κ3) is 5.63. The first kappa shape index (κ1) is 27.5. The molecule has 0 bridgehead atoms. The quantitative estimate of drug-likeness (QED) is 0.236. The summed E-state index contributed by atoms with van der Waals surface area (Å²) in [7, 11) is 0. The molecule has 204 valence electrons. The summed E-state index contributed by atoms with van der Waals surface area (Å²) in [6.07, 6.45) is 8.92. The molecule has 0 saturated heterocycles. The summed E-state index contributed by atoms with van der Waals surface area (Å²) in [6, 6.07) is 40.0. The molecule has 0 heterocycles. The van der Waals surface area contributed by atoms with Gasteiger partial charge in [-0.1, -0.05) is 113 Å². The van der Waals surface area contributed by atoms with Crippen molar-refractivity contribution < 1.29 is 0 Å². The second-order valence-electron chi connectivity index (χ2n) is 12.4. The summed E-state index contributed by atoms with van der Waals surface area (Å²) in [5.41, 5.74) is 7.22. The summed E-state index contributed by atoms with van der Waals surface area (Å²) in [5.74, 6) is 0.403. The van der Waals surface area contributed by atoms with Crippen LogP contribution in [0.1, 0.15) is 52.7 Å². The van der Waals surface area contributed by atoms with Gasteiger partial charge in [-0.2, -0.15) is 0 Å². The van der Waals surface area contributed by atoms with E-state index in [-0.39, 0.29) is 17.0 Å². The molecule has 0 saturated carbocycles. The number of benzene rings is 4. The van der Waals surface area contributed by atoms with Gasteiger partial charge in [0.25, 0.3) is 0 Å². The van der Waals surface area contributed by atoms with E-state index in [9.17, 15) is 0 Å². The van der Waals surface area contributed by atoms with E-state index in [0.29, 0.717) is 5.92 Å². The highest BCUT2D eigenvalue weighted by Crippen LogP contribution is 2.41. The van der Waals surface area contributed by atoms with Crippen molar-refractivity contribution in [3.63, 3.8) is 0 Å². The molecule has 2 heteroatoms. The number of nitrogens with zero attached hydrogens (tertiary/aromatic N) is 2. The maximum atomic E-state index is 2.46. The minimum absolute atomic E-state index is 0.128. The molecule has 0 aromatic heterocycles. The SMILES string of the molecule is CC1C=CC=CC1N(c1ccccc1)c1ccc(N(c2ccccc2)C(C)(C)c2ccc(C(C)(C)C)cc2)cc1. The molecule has 1 aliphatic carbocycles. The lowest BCUT2D eigenvalue weighted by Crippen LogP contribution is -2.38. The van der Waals surface area contributed by atoms with Gasteiger partial charge in [-0.15, -0.1) is 0 Å². The van der Waals surface area contributed by atoms with Crippen molar-refractivity contribution in [1.29, 1.82) is 0 Å². The number of para-hydroxylation sites is 2. The zero-order chi connectivity index (χ0) is 28.3. The molecule has 0 amide bonds. The number of hydrogen-bond acceptors (Lipinski definition) is 2. The fourth-order valence-electron chi connectivity index (χ4n) is 5.75. The molecular weight excluding hydrogens is 484 g/mol. The first-order valence-corrected chi connectivity index (χ1v) is 14.4. The van der Waals surface area contributed by atoms with Crippen molar-refractivity contribution >= 4 is 22.7 Å². The lowest BCUT2D eigenvalue weighted by molar-refractivity contribution is 0.533. The topological polar surface area (TPSA) is 6.48 Å². The van der Waals surface area contributed by atoms with Gasteiger partial charge in [0.15, 0.2) is 0 Å². The molecule has 0 spiro atoms. The van der Waals surface area contributed by atoms with Gasteiger partial charge in [0.2, 0.25) is 0 Å². The van der Waals surface area contributed by atoms with Crippen LogP contribution in [0, 0.1) is 5.92 Å². The molecule has 2 atom stereocenters. The maximum Gasteiger partial charge on any atom is 0.0646 e. The van der Waals surface area contributed by atoms with Gasteiger partial charge in [0, 0.05) is 22.7 Å². The van der Waals surface area contributed by atoms with E-state index in [1.165, 1.54) is 33.9 Å². The van der Waals surface area contributed by atoms with Gasteiger partial charge in [-0.3, -0.25) is 0 Å². The third-order valence-corrected chi connectivity index (χ3v) is 8.12. The molecule has 2 nitrogen and oxygen atoms in total. The second kappa shape index (κ2) is 11.2. The summed E-state index contributed by atoms with van der Waals surface area (Å²) in [6.45, 7) is 13.7. The number of hydrogen-bond donors (Lipinski definition) is 0. The fourth-order valence-corrected chi connectivity index (χ4v) is 5.75. The highest BCUT2D eigenvalue weighted by Gasteiger charge is 2.31. The van der Waals surface area contributed by atoms with Crippen LogP contribution in [0.25, 0.3) is 0 Å². The van der Waals surface area contributed by atoms with Gasteiger partial charge in [-0.05, 0) is 84.8 Å². The average molecular weight is 527 g/mol. The Bertz CT molecular complexity index is 1440. The molecule has 2 unspecified atom stereocenters. The highest BCUT2D eigenvalue weighted by molar-refractivity contribution is 5.72. The van der Waals surface area contributed by atoms with Crippen molar-refractivity contribution in [3.8, 4) is 0 Å². The molecular formula is C38H42N2. The monoisotopic (exact) mass is 526 g/mol. The number of anilines is 4. The van der Waals surface area contributed by atoms with Crippen molar-refractivity contribution in [2.24, 2.45) is 5.92 Å². The van der Waals surface area contributed by atoms with E-state index in [0.717, 1.165) is 0 Å². The van der Waals surface area contributed by atoms with Crippen LogP contribution >= 0.6 is 0 Å². The van der Waals surface area contributed by atoms with Crippen LogP contribution in [0.4, 0.5) is 22.7 Å². The third-order valence-electron chi connectivity index (χ3n) is 8.12. The largest absolute Gasteiger partial charge is 0.334 e. The predicted octanol–water partition coefficient (Wildman–Crippen LogP) is 10.3. The van der Waals surface area contributed by atoms with Crippen molar-refractivity contribution in [3.05, 3.63) is 145 Å². The average Bonchev–Trinajstić information content (AvgIpc) is 2.96. The molecule has 4 aromatic rings. The van der Waals surface area contributed by atoms with Gasteiger partial charge in [-0.25, -0.2) is 0 Å². The van der Waals surface area contributed by atoms with Crippen LogP contribution < -0.4 is 9.80 Å². The van der Waals surface area contributed by atoms with Crippen LogP contribution in [-0.4, -0.2) is 6.04 Å². The molecule has 5 rings (SSSR count). The van der Waals surface area contributed by atoms with Crippen LogP contribution in [0.3, 0.4) is 0 Å². The second-order valence-corrected chi connectivity index (χ2v) is 12.4.